The van der Waals surface area contributed by atoms with Gasteiger partial charge in [0.1, 0.15) is 11.6 Å². The maximum Gasteiger partial charge on any atom is 0.258 e. The molecule has 0 fully saturated rings. The Bertz CT molecular complexity index is 596. The summed E-state index contributed by atoms with van der Waals surface area (Å²) in [5.74, 6) is -1.23. The summed E-state index contributed by atoms with van der Waals surface area (Å²) in [5, 5.41) is 12.1. The number of hydrogen-bond acceptors (Lipinski definition) is 2. The topological polar surface area (TPSA) is 49.3 Å². The van der Waals surface area contributed by atoms with Crippen LogP contribution in [0, 0.1) is 12.7 Å². The van der Waals surface area contributed by atoms with Gasteiger partial charge in [0.2, 0.25) is 0 Å². The van der Waals surface area contributed by atoms with Crippen LogP contribution in [0.4, 0.5) is 10.1 Å². The summed E-state index contributed by atoms with van der Waals surface area (Å²) in [6.45, 7) is 1.82. The van der Waals surface area contributed by atoms with Crippen molar-refractivity contribution in [3.63, 3.8) is 0 Å². The van der Waals surface area contributed by atoms with Gasteiger partial charge < -0.3 is 10.4 Å². The Hall–Kier alpha value is -2.36. The van der Waals surface area contributed by atoms with Gasteiger partial charge >= 0.3 is 0 Å². The van der Waals surface area contributed by atoms with Crippen molar-refractivity contribution in [2.24, 2.45) is 0 Å². The molecule has 2 rings (SSSR count). The maximum atomic E-state index is 13.4. The lowest BCUT2D eigenvalue weighted by Crippen LogP contribution is -2.13. The molecule has 2 aromatic rings. The van der Waals surface area contributed by atoms with Crippen molar-refractivity contribution in [3.8, 4) is 5.75 Å². The van der Waals surface area contributed by atoms with Crippen LogP contribution in [0.15, 0.2) is 42.5 Å². The number of nitrogens with one attached hydrogen (secondary N) is 1. The summed E-state index contributed by atoms with van der Waals surface area (Å²) in [4.78, 5) is 11.8. The number of halogens is 1. The zero-order valence-corrected chi connectivity index (χ0v) is 9.77. The maximum absolute atomic E-state index is 13.4. The fourth-order valence-corrected chi connectivity index (χ4v) is 1.58. The summed E-state index contributed by atoms with van der Waals surface area (Å²) in [7, 11) is 0. The highest BCUT2D eigenvalue weighted by atomic mass is 19.1. The summed E-state index contributed by atoms with van der Waals surface area (Å²) < 4.78 is 13.4. The molecule has 0 aromatic heterocycles. The molecular formula is C14H12FNO2. The molecule has 0 aliphatic rings. The molecule has 0 saturated heterocycles. The third-order valence-corrected chi connectivity index (χ3v) is 2.52. The predicted octanol–water partition coefficient (Wildman–Crippen LogP) is 3.09. The fraction of sp³-hybridized carbons (Fsp3) is 0.0714. The normalized spacial score (nSPS) is 10.1. The number of amides is 1. The molecule has 0 heterocycles. The molecule has 0 bridgehead atoms. The Morgan fingerprint density at radius 3 is 2.61 bits per heavy atom. The number of aryl methyl sites for hydroxylation is 1. The summed E-state index contributed by atoms with van der Waals surface area (Å²) in [5.41, 5.74) is 1.07. The van der Waals surface area contributed by atoms with E-state index in [0.717, 1.165) is 5.56 Å². The molecule has 1 amide bonds. The van der Waals surface area contributed by atoms with Crippen molar-refractivity contribution in [2.75, 3.05) is 5.32 Å². The molecule has 0 unspecified atom stereocenters. The van der Waals surface area contributed by atoms with E-state index in [2.05, 4.69) is 5.32 Å². The molecule has 3 nitrogen and oxygen atoms in total. The molecule has 0 spiro atoms. The number of hydrogen-bond donors (Lipinski definition) is 2. The van der Waals surface area contributed by atoms with Gasteiger partial charge in [0.05, 0.1) is 11.3 Å². The third-order valence-electron chi connectivity index (χ3n) is 2.52. The van der Waals surface area contributed by atoms with Crippen LogP contribution in [-0.4, -0.2) is 11.0 Å². The highest BCUT2D eigenvalue weighted by Gasteiger charge is 2.12. The van der Waals surface area contributed by atoms with E-state index >= 15 is 0 Å². The van der Waals surface area contributed by atoms with Crippen molar-refractivity contribution in [1.29, 1.82) is 0 Å². The molecule has 0 aliphatic carbocycles. The van der Waals surface area contributed by atoms with Crippen LogP contribution < -0.4 is 5.32 Å². The van der Waals surface area contributed by atoms with Crippen LogP contribution >= 0.6 is 0 Å². The largest absolute Gasteiger partial charge is 0.506 e. The van der Waals surface area contributed by atoms with Crippen molar-refractivity contribution in [2.45, 2.75) is 6.92 Å². The molecule has 0 aliphatic heterocycles. The molecule has 0 radical (unpaired) electrons. The zero-order chi connectivity index (χ0) is 13.1. The van der Waals surface area contributed by atoms with Crippen molar-refractivity contribution < 1.29 is 14.3 Å². The minimum Gasteiger partial charge on any atom is -0.506 e. The lowest BCUT2D eigenvalue weighted by Gasteiger charge is -2.08. The van der Waals surface area contributed by atoms with Crippen molar-refractivity contribution in [1.82, 2.24) is 0 Å². The minimum absolute atomic E-state index is 0.0420. The Labute approximate surface area is 104 Å². The van der Waals surface area contributed by atoms with Gasteiger partial charge in [-0.1, -0.05) is 18.2 Å². The number of rotatable bonds is 2. The standard InChI is InChI=1S/C14H12FNO2/c1-9-6-7-12(13(17)8-9)16-14(18)10-4-2-3-5-11(10)15/h2-8,17H,1H3,(H,16,18). The van der Waals surface area contributed by atoms with E-state index in [0.29, 0.717) is 0 Å². The monoisotopic (exact) mass is 245 g/mol. The number of aromatic hydroxyl groups is 1. The zero-order valence-electron chi connectivity index (χ0n) is 9.77. The molecule has 0 saturated carbocycles. The van der Waals surface area contributed by atoms with Crippen LogP contribution in [0.1, 0.15) is 15.9 Å². The van der Waals surface area contributed by atoms with Gasteiger partial charge in [-0.2, -0.15) is 0 Å². The first-order chi connectivity index (χ1) is 8.58. The number of phenolic OH excluding ortho intramolecular Hbond substituents is 1. The third kappa shape index (κ3) is 2.48. The minimum atomic E-state index is -0.596. The van der Waals surface area contributed by atoms with Gasteiger partial charge in [0.25, 0.3) is 5.91 Å². The quantitative estimate of drug-likeness (QED) is 0.799. The van der Waals surface area contributed by atoms with Crippen molar-refractivity contribution >= 4 is 11.6 Å². The molecule has 2 N–H and O–H groups in total. The summed E-state index contributed by atoms with van der Waals surface area (Å²) >= 11 is 0. The number of carbonyl (C=O) groups excluding carboxylic acids is 1. The van der Waals surface area contributed by atoms with Crippen LogP contribution in [0.5, 0.6) is 5.75 Å². The van der Waals surface area contributed by atoms with Gasteiger partial charge in [0, 0.05) is 0 Å². The lowest BCUT2D eigenvalue weighted by atomic mass is 10.1. The number of carbonyl (C=O) groups is 1. The second-order valence-electron chi connectivity index (χ2n) is 3.95. The molecule has 0 atom stereocenters. The Kier molecular flexibility index (Phi) is 3.28. The number of phenols is 1. The van der Waals surface area contributed by atoms with Gasteiger partial charge in [-0.15, -0.1) is 0 Å². The van der Waals surface area contributed by atoms with Gasteiger partial charge in [-0.25, -0.2) is 4.39 Å². The first kappa shape index (κ1) is 12.1. The fourth-order valence-electron chi connectivity index (χ4n) is 1.58. The van der Waals surface area contributed by atoms with E-state index in [1.54, 1.807) is 18.2 Å². The Morgan fingerprint density at radius 1 is 1.22 bits per heavy atom. The van der Waals surface area contributed by atoms with E-state index in [1.807, 2.05) is 6.92 Å². The second kappa shape index (κ2) is 4.87. The lowest BCUT2D eigenvalue weighted by molar-refractivity contribution is 0.102. The summed E-state index contributed by atoms with van der Waals surface area (Å²) in [6, 6.07) is 10.5. The molecule has 2 aromatic carbocycles. The smallest absolute Gasteiger partial charge is 0.258 e. The van der Waals surface area contributed by atoms with Crippen LogP contribution in [0.2, 0.25) is 0 Å². The predicted molar refractivity (Wildman–Crippen MR) is 67.2 cm³/mol. The van der Waals surface area contributed by atoms with E-state index in [-0.39, 0.29) is 17.0 Å². The molecular weight excluding hydrogens is 233 g/mol. The van der Waals surface area contributed by atoms with E-state index < -0.39 is 11.7 Å². The molecule has 18 heavy (non-hydrogen) atoms. The molecule has 92 valence electrons. The van der Waals surface area contributed by atoms with E-state index in [9.17, 15) is 14.3 Å². The number of benzene rings is 2. The SMILES string of the molecule is Cc1ccc(NC(=O)c2ccccc2F)c(O)c1. The first-order valence-electron chi connectivity index (χ1n) is 5.43. The van der Waals surface area contributed by atoms with Crippen LogP contribution in [0.3, 0.4) is 0 Å². The average Bonchev–Trinajstić information content (AvgIpc) is 2.33. The van der Waals surface area contributed by atoms with Gasteiger partial charge in [-0.05, 0) is 36.8 Å². The van der Waals surface area contributed by atoms with Gasteiger partial charge in [0.15, 0.2) is 0 Å². The van der Waals surface area contributed by atoms with Crippen molar-refractivity contribution in [3.05, 3.63) is 59.4 Å². The number of anilines is 1. The highest BCUT2D eigenvalue weighted by molar-refractivity contribution is 6.05. The van der Waals surface area contributed by atoms with E-state index in [4.69, 9.17) is 0 Å². The van der Waals surface area contributed by atoms with Gasteiger partial charge in [-0.3, -0.25) is 4.79 Å². The van der Waals surface area contributed by atoms with Crippen LogP contribution in [0.25, 0.3) is 0 Å². The first-order valence-corrected chi connectivity index (χ1v) is 5.43. The van der Waals surface area contributed by atoms with E-state index in [1.165, 1.54) is 24.3 Å². The summed E-state index contributed by atoms with van der Waals surface area (Å²) in [6.07, 6.45) is 0. The molecule has 4 heteroatoms. The Balaban J connectivity index is 2.24. The highest BCUT2D eigenvalue weighted by Crippen LogP contribution is 2.24. The van der Waals surface area contributed by atoms with Crippen LogP contribution in [-0.2, 0) is 0 Å². The average molecular weight is 245 g/mol. The Morgan fingerprint density at radius 2 is 1.94 bits per heavy atom. The second-order valence-corrected chi connectivity index (χ2v) is 3.95.